The maximum atomic E-state index is 13.3. The van der Waals surface area contributed by atoms with Crippen LogP contribution < -0.4 is 5.32 Å². The Morgan fingerprint density at radius 1 is 1.33 bits per heavy atom. The molecule has 1 heterocycles. The number of aryl methyl sites for hydroxylation is 1. The summed E-state index contributed by atoms with van der Waals surface area (Å²) in [6, 6.07) is 5.03. The maximum Gasteiger partial charge on any atom is 0.123 e. The summed E-state index contributed by atoms with van der Waals surface area (Å²) in [5, 5.41) is 6.72. The second-order valence-electron chi connectivity index (χ2n) is 5.65. The van der Waals surface area contributed by atoms with E-state index in [1.165, 1.54) is 6.07 Å². The van der Waals surface area contributed by atoms with Crippen molar-refractivity contribution in [1.82, 2.24) is 10.3 Å². The van der Waals surface area contributed by atoms with Gasteiger partial charge in [0.1, 0.15) is 10.8 Å². The number of nitrogens with one attached hydrogen (secondary N) is 1. The first-order valence-electron chi connectivity index (χ1n) is 7.47. The molecule has 0 saturated heterocycles. The molecule has 0 bridgehead atoms. The van der Waals surface area contributed by atoms with E-state index in [1.54, 1.807) is 17.4 Å². The van der Waals surface area contributed by atoms with Crippen LogP contribution in [0.15, 0.2) is 23.6 Å². The zero-order valence-corrected chi connectivity index (χ0v) is 13.9. The fraction of sp³-hybridized carbons (Fsp3) is 0.471. The third-order valence-electron chi connectivity index (χ3n) is 3.52. The SMILES string of the molecule is CCCNC(c1nc(C(C)C)cs1)c1ccc(F)cc1C. The van der Waals surface area contributed by atoms with Gasteiger partial charge < -0.3 is 5.32 Å². The Morgan fingerprint density at radius 2 is 2.10 bits per heavy atom. The van der Waals surface area contributed by atoms with Crippen molar-refractivity contribution >= 4 is 11.3 Å². The highest BCUT2D eigenvalue weighted by molar-refractivity contribution is 7.09. The van der Waals surface area contributed by atoms with E-state index < -0.39 is 0 Å². The van der Waals surface area contributed by atoms with Crippen LogP contribution in [0, 0.1) is 12.7 Å². The second kappa shape index (κ2) is 7.14. The molecule has 1 N–H and O–H groups in total. The lowest BCUT2D eigenvalue weighted by molar-refractivity contribution is 0.585. The average Bonchev–Trinajstić information content (AvgIpc) is 2.91. The van der Waals surface area contributed by atoms with Gasteiger partial charge in [0.2, 0.25) is 0 Å². The summed E-state index contributed by atoms with van der Waals surface area (Å²) in [5.41, 5.74) is 3.19. The van der Waals surface area contributed by atoms with Gasteiger partial charge in [0.15, 0.2) is 0 Å². The number of hydrogen-bond donors (Lipinski definition) is 1. The van der Waals surface area contributed by atoms with Crippen molar-refractivity contribution in [1.29, 1.82) is 0 Å². The van der Waals surface area contributed by atoms with Crippen LogP contribution in [-0.4, -0.2) is 11.5 Å². The van der Waals surface area contributed by atoms with Gasteiger partial charge in [-0.25, -0.2) is 9.37 Å². The maximum absolute atomic E-state index is 13.3. The number of rotatable bonds is 6. The largest absolute Gasteiger partial charge is 0.304 e. The lowest BCUT2D eigenvalue weighted by Crippen LogP contribution is -2.24. The van der Waals surface area contributed by atoms with E-state index in [2.05, 4.69) is 31.5 Å². The fourth-order valence-electron chi connectivity index (χ4n) is 2.28. The van der Waals surface area contributed by atoms with Gasteiger partial charge in [-0.05, 0) is 49.1 Å². The minimum Gasteiger partial charge on any atom is -0.304 e. The Morgan fingerprint density at radius 3 is 2.67 bits per heavy atom. The quantitative estimate of drug-likeness (QED) is 0.829. The first-order valence-corrected chi connectivity index (χ1v) is 8.35. The fourth-order valence-corrected chi connectivity index (χ4v) is 3.35. The third-order valence-corrected chi connectivity index (χ3v) is 4.45. The molecule has 1 aromatic carbocycles. The van der Waals surface area contributed by atoms with E-state index in [0.29, 0.717) is 5.92 Å². The first-order chi connectivity index (χ1) is 10.0. The minimum absolute atomic E-state index is 0.0445. The van der Waals surface area contributed by atoms with Crippen LogP contribution in [0.3, 0.4) is 0 Å². The molecule has 2 aromatic rings. The Balaban J connectivity index is 2.36. The predicted octanol–water partition coefficient (Wildman–Crippen LogP) is 4.80. The predicted molar refractivity (Wildman–Crippen MR) is 87.5 cm³/mol. The second-order valence-corrected chi connectivity index (χ2v) is 6.54. The molecule has 0 aliphatic heterocycles. The smallest absolute Gasteiger partial charge is 0.123 e. The molecule has 114 valence electrons. The molecule has 0 saturated carbocycles. The summed E-state index contributed by atoms with van der Waals surface area (Å²) in [6.07, 6.45) is 1.05. The molecule has 2 nitrogen and oxygen atoms in total. The monoisotopic (exact) mass is 306 g/mol. The Bertz CT molecular complexity index is 592. The van der Waals surface area contributed by atoms with Crippen LogP contribution >= 0.6 is 11.3 Å². The van der Waals surface area contributed by atoms with Crippen LogP contribution in [-0.2, 0) is 0 Å². The average molecular weight is 306 g/mol. The Labute approximate surface area is 130 Å². The van der Waals surface area contributed by atoms with E-state index in [0.717, 1.165) is 34.8 Å². The first kappa shape index (κ1) is 16.1. The van der Waals surface area contributed by atoms with E-state index in [-0.39, 0.29) is 11.9 Å². The van der Waals surface area contributed by atoms with E-state index in [4.69, 9.17) is 4.98 Å². The molecule has 21 heavy (non-hydrogen) atoms. The molecule has 1 aromatic heterocycles. The van der Waals surface area contributed by atoms with Gasteiger partial charge in [0.25, 0.3) is 0 Å². The van der Waals surface area contributed by atoms with Gasteiger partial charge in [0, 0.05) is 5.38 Å². The van der Waals surface area contributed by atoms with Crippen molar-refractivity contribution in [2.24, 2.45) is 0 Å². The number of thiazole rings is 1. The lowest BCUT2D eigenvalue weighted by atomic mass is 10.0. The van der Waals surface area contributed by atoms with Crippen LogP contribution in [0.1, 0.15) is 61.0 Å². The van der Waals surface area contributed by atoms with Crippen LogP contribution in [0.4, 0.5) is 4.39 Å². The van der Waals surface area contributed by atoms with Crippen molar-refractivity contribution in [2.45, 2.75) is 46.1 Å². The normalized spacial score (nSPS) is 12.9. The van der Waals surface area contributed by atoms with Gasteiger partial charge in [-0.15, -0.1) is 11.3 Å². The molecule has 0 fully saturated rings. The minimum atomic E-state index is -0.188. The number of halogens is 1. The summed E-state index contributed by atoms with van der Waals surface area (Å²) in [4.78, 5) is 4.77. The molecule has 1 atom stereocenters. The van der Waals surface area contributed by atoms with E-state index >= 15 is 0 Å². The van der Waals surface area contributed by atoms with Gasteiger partial charge in [0.05, 0.1) is 11.7 Å². The number of nitrogens with zero attached hydrogens (tertiary/aromatic N) is 1. The van der Waals surface area contributed by atoms with Gasteiger partial charge in [-0.1, -0.05) is 26.8 Å². The standard InChI is InChI=1S/C17H23FN2S/c1-5-8-19-16(14-7-6-13(18)9-12(14)4)17-20-15(10-21-17)11(2)3/h6-7,9-11,16,19H,5,8H2,1-4H3. The number of benzene rings is 1. The van der Waals surface area contributed by atoms with Crippen LogP contribution in [0.2, 0.25) is 0 Å². The van der Waals surface area contributed by atoms with Crippen molar-refractivity contribution < 1.29 is 4.39 Å². The summed E-state index contributed by atoms with van der Waals surface area (Å²) in [7, 11) is 0. The molecule has 0 radical (unpaired) electrons. The lowest BCUT2D eigenvalue weighted by Gasteiger charge is -2.19. The van der Waals surface area contributed by atoms with Crippen LogP contribution in [0.25, 0.3) is 0 Å². The summed E-state index contributed by atoms with van der Waals surface area (Å²) in [6.45, 7) is 9.31. The topological polar surface area (TPSA) is 24.9 Å². The molecule has 2 rings (SSSR count). The molecule has 0 spiro atoms. The highest BCUT2D eigenvalue weighted by atomic mass is 32.1. The Kier molecular flexibility index (Phi) is 5.48. The van der Waals surface area contributed by atoms with Crippen molar-refractivity contribution in [3.8, 4) is 0 Å². The molecular weight excluding hydrogens is 283 g/mol. The number of hydrogen-bond acceptors (Lipinski definition) is 3. The zero-order chi connectivity index (χ0) is 15.4. The highest BCUT2D eigenvalue weighted by Gasteiger charge is 2.20. The van der Waals surface area contributed by atoms with Gasteiger partial charge in [-0.2, -0.15) is 0 Å². The molecular formula is C17H23FN2S. The summed E-state index contributed by atoms with van der Waals surface area (Å²) in [5.74, 6) is 0.239. The zero-order valence-electron chi connectivity index (χ0n) is 13.1. The molecule has 1 unspecified atom stereocenters. The summed E-state index contributed by atoms with van der Waals surface area (Å²) < 4.78 is 13.3. The van der Waals surface area contributed by atoms with Gasteiger partial charge >= 0.3 is 0 Å². The van der Waals surface area contributed by atoms with Gasteiger partial charge in [-0.3, -0.25) is 0 Å². The van der Waals surface area contributed by atoms with Crippen molar-refractivity contribution in [3.05, 3.63) is 51.2 Å². The molecule has 4 heteroatoms. The van der Waals surface area contributed by atoms with E-state index in [1.807, 2.05) is 13.0 Å². The van der Waals surface area contributed by atoms with Crippen LogP contribution in [0.5, 0.6) is 0 Å². The molecule has 0 aliphatic rings. The number of aromatic nitrogens is 1. The molecule has 0 aliphatic carbocycles. The highest BCUT2D eigenvalue weighted by Crippen LogP contribution is 2.29. The van der Waals surface area contributed by atoms with E-state index in [9.17, 15) is 4.39 Å². The van der Waals surface area contributed by atoms with Crippen molar-refractivity contribution in [2.75, 3.05) is 6.54 Å². The molecule has 0 amide bonds. The summed E-state index contributed by atoms with van der Waals surface area (Å²) >= 11 is 1.68. The Hall–Kier alpha value is -1.26. The van der Waals surface area contributed by atoms with Crippen molar-refractivity contribution in [3.63, 3.8) is 0 Å². The third kappa shape index (κ3) is 3.89.